The van der Waals surface area contributed by atoms with Crippen LogP contribution in [0.1, 0.15) is 50.2 Å². The van der Waals surface area contributed by atoms with Crippen LogP contribution in [0, 0.1) is 11.3 Å². The lowest BCUT2D eigenvalue weighted by atomic mass is 9.63. The predicted octanol–water partition coefficient (Wildman–Crippen LogP) is 5.31. The Morgan fingerprint density at radius 2 is 2.00 bits per heavy atom. The van der Waals surface area contributed by atoms with Crippen LogP contribution in [-0.4, -0.2) is 7.11 Å². The molecule has 1 unspecified atom stereocenters. The van der Waals surface area contributed by atoms with Gasteiger partial charge in [-0.3, -0.25) is 0 Å². The van der Waals surface area contributed by atoms with Gasteiger partial charge < -0.3 is 4.74 Å². The summed E-state index contributed by atoms with van der Waals surface area (Å²) >= 11 is 0. The topological polar surface area (TPSA) is 9.23 Å². The molecule has 2 aromatic carbocycles. The van der Waals surface area contributed by atoms with Crippen molar-refractivity contribution in [3.8, 4) is 5.75 Å². The van der Waals surface area contributed by atoms with Crippen molar-refractivity contribution in [3.63, 3.8) is 0 Å². The Balaban J connectivity index is 1.89. The highest BCUT2D eigenvalue weighted by molar-refractivity contribution is 5.88. The first kappa shape index (κ1) is 13.2. The molecule has 110 valence electrons. The van der Waals surface area contributed by atoms with Gasteiger partial charge in [0.2, 0.25) is 0 Å². The average Bonchev–Trinajstić information content (AvgIpc) is 2.82. The van der Waals surface area contributed by atoms with Gasteiger partial charge in [-0.05, 0) is 77.0 Å². The van der Waals surface area contributed by atoms with E-state index in [0.717, 1.165) is 17.6 Å². The summed E-state index contributed by atoms with van der Waals surface area (Å²) in [5.74, 6) is 2.59. The molecule has 0 radical (unpaired) electrons. The molecule has 1 heteroatoms. The molecule has 2 aliphatic carbocycles. The first-order valence-corrected chi connectivity index (χ1v) is 8.23. The van der Waals surface area contributed by atoms with Gasteiger partial charge in [0.05, 0.1) is 7.11 Å². The van der Waals surface area contributed by atoms with E-state index in [1.54, 1.807) is 18.2 Å². The summed E-state index contributed by atoms with van der Waals surface area (Å²) in [6.45, 7) is 4.98. The summed E-state index contributed by atoms with van der Waals surface area (Å²) in [5, 5.41) is 2.76. The van der Waals surface area contributed by atoms with Crippen LogP contribution in [-0.2, 0) is 6.42 Å². The van der Waals surface area contributed by atoms with Gasteiger partial charge in [-0.1, -0.05) is 32.0 Å². The van der Waals surface area contributed by atoms with Crippen molar-refractivity contribution >= 4 is 10.8 Å². The van der Waals surface area contributed by atoms with E-state index in [0.29, 0.717) is 5.41 Å². The second kappa shape index (κ2) is 4.50. The van der Waals surface area contributed by atoms with Crippen molar-refractivity contribution in [2.24, 2.45) is 11.3 Å². The van der Waals surface area contributed by atoms with E-state index in [9.17, 15) is 0 Å². The smallest absolute Gasteiger partial charge is 0.119 e. The molecule has 0 heterocycles. The Hall–Kier alpha value is -1.50. The number of benzene rings is 2. The summed E-state index contributed by atoms with van der Waals surface area (Å²) in [6.07, 6.45) is 5.33. The van der Waals surface area contributed by atoms with E-state index < -0.39 is 0 Å². The van der Waals surface area contributed by atoms with E-state index >= 15 is 0 Å². The second-order valence-electron chi connectivity index (χ2n) is 7.26. The molecule has 0 spiro atoms. The van der Waals surface area contributed by atoms with Gasteiger partial charge in [0, 0.05) is 0 Å². The van der Waals surface area contributed by atoms with Gasteiger partial charge >= 0.3 is 0 Å². The summed E-state index contributed by atoms with van der Waals surface area (Å²) in [4.78, 5) is 0. The summed E-state index contributed by atoms with van der Waals surface area (Å²) in [6, 6.07) is 11.2. The van der Waals surface area contributed by atoms with Crippen molar-refractivity contribution in [3.05, 3.63) is 41.5 Å². The fourth-order valence-electron chi connectivity index (χ4n) is 4.87. The van der Waals surface area contributed by atoms with Crippen LogP contribution in [0.25, 0.3) is 10.8 Å². The lowest BCUT2D eigenvalue weighted by Gasteiger charge is -2.41. The number of rotatable bonds is 1. The quantitative estimate of drug-likeness (QED) is 0.687. The number of ether oxygens (including phenoxy) is 1. The maximum atomic E-state index is 5.37. The fourth-order valence-corrected chi connectivity index (χ4v) is 4.87. The first-order chi connectivity index (χ1) is 10.1. The van der Waals surface area contributed by atoms with Gasteiger partial charge in [-0.15, -0.1) is 0 Å². The summed E-state index contributed by atoms with van der Waals surface area (Å²) in [5.41, 5.74) is 3.75. The molecule has 0 amide bonds. The van der Waals surface area contributed by atoms with Crippen molar-refractivity contribution in [1.82, 2.24) is 0 Å². The van der Waals surface area contributed by atoms with Crippen LogP contribution < -0.4 is 4.74 Å². The SMILES string of the molecule is COc1ccc2c3c(ccc2c1)C1CC[C@H](C)[C@@]1(C)CC3. The molecule has 1 nitrogen and oxygen atoms in total. The number of fused-ring (bicyclic) bond motifs is 5. The van der Waals surface area contributed by atoms with Crippen molar-refractivity contribution in [2.45, 2.75) is 45.4 Å². The normalized spacial score (nSPS) is 31.0. The minimum absolute atomic E-state index is 0.521. The third kappa shape index (κ3) is 1.76. The van der Waals surface area contributed by atoms with Crippen molar-refractivity contribution in [1.29, 1.82) is 0 Å². The predicted molar refractivity (Wildman–Crippen MR) is 88.1 cm³/mol. The highest BCUT2D eigenvalue weighted by atomic mass is 16.5. The third-order valence-electron chi connectivity index (χ3n) is 6.47. The van der Waals surface area contributed by atoms with Crippen LogP contribution in [0.3, 0.4) is 0 Å². The maximum Gasteiger partial charge on any atom is 0.119 e. The summed E-state index contributed by atoms with van der Waals surface area (Å²) < 4.78 is 5.37. The highest BCUT2D eigenvalue weighted by Gasteiger charge is 2.47. The Bertz CT molecular complexity index is 702. The molecular weight excluding hydrogens is 256 g/mol. The zero-order chi connectivity index (χ0) is 14.6. The Kier molecular flexibility index (Phi) is 2.82. The van der Waals surface area contributed by atoms with Crippen LogP contribution >= 0.6 is 0 Å². The number of methoxy groups -OCH3 is 1. The molecule has 0 aromatic heterocycles. The van der Waals surface area contributed by atoms with Gasteiger partial charge in [0.15, 0.2) is 0 Å². The second-order valence-corrected chi connectivity index (χ2v) is 7.26. The Morgan fingerprint density at radius 1 is 1.14 bits per heavy atom. The van der Waals surface area contributed by atoms with Gasteiger partial charge in [0.1, 0.15) is 5.75 Å². The zero-order valence-corrected chi connectivity index (χ0v) is 13.3. The minimum Gasteiger partial charge on any atom is -0.497 e. The third-order valence-corrected chi connectivity index (χ3v) is 6.47. The van der Waals surface area contributed by atoms with Crippen molar-refractivity contribution in [2.75, 3.05) is 7.11 Å². The largest absolute Gasteiger partial charge is 0.497 e. The van der Waals surface area contributed by atoms with Crippen LogP contribution in [0.4, 0.5) is 0 Å². The van der Waals surface area contributed by atoms with E-state index in [-0.39, 0.29) is 0 Å². The first-order valence-electron chi connectivity index (χ1n) is 8.23. The zero-order valence-electron chi connectivity index (χ0n) is 13.3. The molecule has 21 heavy (non-hydrogen) atoms. The lowest BCUT2D eigenvalue weighted by molar-refractivity contribution is 0.186. The highest BCUT2D eigenvalue weighted by Crippen LogP contribution is 2.59. The van der Waals surface area contributed by atoms with E-state index in [4.69, 9.17) is 4.74 Å². The van der Waals surface area contributed by atoms with Gasteiger partial charge in [-0.25, -0.2) is 0 Å². The molecule has 2 aliphatic rings. The van der Waals surface area contributed by atoms with E-state index in [1.165, 1.54) is 36.5 Å². The average molecular weight is 280 g/mol. The van der Waals surface area contributed by atoms with E-state index in [2.05, 4.69) is 44.2 Å². The molecule has 0 aliphatic heterocycles. The number of aryl methyl sites for hydroxylation is 1. The van der Waals surface area contributed by atoms with Gasteiger partial charge in [-0.2, -0.15) is 0 Å². The Labute approximate surface area is 127 Å². The molecule has 2 aromatic rings. The molecule has 1 saturated carbocycles. The molecule has 0 saturated heterocycles. The van der Waals surface area contributed by atoms with Crippen LogP contribution in [0.15, 0.2) is 30.3 Å². The Morgan fingerprint density at radius 3 is 2.81 bits per heavy atom. The van der Waals surface area contributed by atoms with Crippen LogP contribution in [0.2, 0.25) is 0 Å². The standard InChI is InChI=1S/C20H24O/c1-13-4-9-19-18-7-5-14-12-15(21-3)6-8-16(14)17(18)10-11-20(13,19)2/h5-8,12-13,19H,4,9-11H2,1-3H3/t13-,19?,20+/m0/s1. The maximum absolute atomic E-state index is 5.37. The monoisotopic (exact) mass is 280 g/mol. The lowest BCUT2D eigenvalue weighted by Crippen LogP contribution is -2.31. The fraction of sp³-hybridized carbons (Fsp3) is 0.500. The molecule has 4 rings (SSSR count). The van der Waals surface area contributed by atoms with Crippen molar-refractivity contribution < 1.29 is 4.74 Å². The summed E-state index contributed by atoms with van der Waals surface area (Å²) in [7, 11) is 1.74. The molecule has 3 atom stereocenters. The minimum atomic E-state index is 0.521. The van der Waals surface area contributed by atoms with Gasteiger partial charge in [0.25, 0.3) is 0 Å². The molecular formula is C20H24O. The number of hydrogen-bond acceptors (Lipinski definition) is 1. The van der Waals surface area contributed by atoms with Crippen LogP contribution in [0.5, 0.6) is 5.75 Å². The molecule has 0 N–H and O–H groups in total. The molecule has 0 bridgehead atoms. The molecule has 1 fully saturated rings. The number of hydrogen-bond donors (Lipinski definition) is 0. The van der Waals surface area contributed by atoms with E-state index in [1.807, 2.05) is 0 Å².